The van der Waals surface area contributed by atoms with Crippen LogP contribution >= 0.6 is 0 Å². The highest BCUT2D eigenvalue weighted by Crippen LogP contribution is 2.45. The highest BCUT2D eigenvalue weighted by molar-refractivity contribution is 6.00. The molecule has 0 atom stereocenters. The molecule has 4 rings (SSSR count). The lowest BCUT2D eigenvalue weighted by Gasteiger charge is -2.55. The Morgan fingerprint density at radius 1 is 0.592 bits per heavy atom. The number of piperidine rings is 2. The largest absolute Gasteiger partial charge is 0.461 e. The molecule has 0 saturated carbocycles. The Morgan fingerprint density at radius 3 is 1.18 bits per heavy atom. The number of hydrogen-bond donors (Lipinski definition) is 0. The predicted octanol–water partition coefficient (Wildman–Crippen LogP) is 9.88. The van der Waals surface area contributed by atoms with Crippen LogP contribution in [0, 0.1) is 5.41 Å². The van der Waals surface area contributed by atoms with Gasteiger partial charge in [0.15, 0.2) is 5.41 Å². The van der Waals surface area contributed by atoms with E-state index in [1.807, 2.05) is 0 Å². The molecule has 0 spiro atoms. The van der Waals surface area contributed by atoms with E-state index in [0.717, 1.165) is 38.8 Å². The Labute approximate surface area is 298 Å². The number of nitrogens with zero attached hydrogens (tertiary/aromatic N) is 2. The first-order valence-corrected chi connectivity index (χ1v) is 19.0. The number of rotatable bonds is 14. The van der Waals surface area contributed by atoms with Crippen LogP contribution in [-0.4, -0.2) is 56.1 Å². The SMILES string of the molecule is CCCCC(CCCC)(C(=O)OC1CC(C)(C)N(Cc2ccccc2)C(C)(C)C1)C(=O)OC1CC(C)(C)N(Cc2ccccc2)C(C)(C)C1. The summed E-state index contributed by atoms with van der Waals surface area (Å²) >= 11 is 0. The first kappa shape index (κ1) is 39.1. The number of ether oxygens (including phenoxy) is 2. The molecule has 2 aliphatic rings. The number of carbonyl (C=O) groups is 2. The summed E-state index contributed by atoms with van der Waals surface area (Å²) in [6, 6.07) is 21.2. The Morgan fingerprint density at radius 2 is 0.898 bits per heavy atom. The van der Waals surface area contributed by atoms with E-state index in [1.165, 1.54) is 11.1 Å². The molecule has 2 heterocycles. The molecule has 0 aromatic heterocycles. The van der Waals surface area contributed by atoms with Gasteiger partial charge >= 0.3 is 11.9 Å². The van der Waals surface area contributed by atoms with Crippen LogP contribution in [-0.2, 0) is 32.2 Å². The van der Waals surface area contributed by atoms with Crippen LogP contribution < -0.4 is 0 Å². The molecule has 6 nitrogen and oxygen atoms in total. The first-order chi connectivity index (χ1) is 23.0. The van der Waals surface area contributed by atoms with E-state index in [2.05, 4.69) is 140 Å². The van der Waals surface area contributed by atoms with E-state index in [-0.39, 0.29) is 46.3 Å². The lowest BCUT2D eigenvalue weighted by Crippen LogP contribution is -2.62. The van der Waals surface area contributed by atoms with Crippen molar-refractivity contribution in [2.45, 2.75) is 181 Å². The van der Waals surface area contributed by atoms with E-state index >= 15 is 0 Å². The molecule has 6 heteroatoms. The Balaban J connectivity index is 1.54. The number of unbranched alkanes of at least 4 members (excludes halogenated alkanes) is 2. The highest BCUT2D eigenvalue weighted by Gasteiger charge is 2.53. The van der Waals surface area contributed by atoms with Crippen molar-refractivity contribution in [2.24, 2.45) is 5.41 Å². The van der Waals surface area contributed by atoms with E-state index < -0.39 is 5.41 Å². The Hall–Kier alpha value is -2.70. The van der Waals surface area contributed by atoms with Crippen LogP contribution in [0.25, 0.3) is 0 Å². The van der Waals surface area contributed by atoms with Gasteiger partial charge in [0.25, 0.3) is 0 Å². The Kier molecular flexibility index (Phi) is 12.5. The normalized spacial score (nSPS) is 21.3. The number of likely N-dealkylation sites (tertiary alicyclic amines) is 2. The average molecular weight is 675 g/mol. The first-order valence-electron chi connectivity index (χ1n) is 19.0. The molecule has 0 N–H and O–H groups in total. The fourth-order valence-corrected chi connectivity index (χ4v) is 9.11. The molecule has 0 radical (unpaired) electrons. The molecule has 272 valence electrons. The minimum atomic E-state index is -1.29. The van der Waals surface area contributed by atoms with E-state index in [4.69, 9.17) is 9.47 Å². The van der Waals surface area contributed by atoms with Gasteiger partial charge in [-0.3, -0.25) is 19.4 Å². The van der Waals surface area contributed by atoms with Gasteiger partial charge in [-0.2, -0.15) is 0 Å². The Bertz CT molecular complexity index is 1230. The minimum absolute atomic E-state index is 0.205. The standard InChI is InChI=1S/C43H66N2O4/c1-11-13-25-43(26-14-12-2,37(46)48-35-27-39(3,4)44(40(5,6)28-35)31-33-21-17-15-18-22-33)38(47)49-36-29-41(7,8)45(42(9,10)30-36)32-34-23-19-16-20-24-34/h15-24,35-36H,11-14,25-32H2,1-10H3. The minimum Gasteiger partial charge on any atom is -0.461 e. The van der Waals surface area contributed by atoms with Crippen molar-refractivity contribution >= 4 is 11.9 Å². The molecule has 0 amide bonds. The number of esters is 2. The van der Waals surface area contributed by atoms with E-state index in [9.17, 15) is 9.59 Å². The summed E-state index contributed by atoms with van der Waals surface area (Å²) in [5, 5.41) is 0. The summed E-state index contributed by atoms with van der Waals surface area (Å²) in [5.74, 6) is -0.764. The molecular formula is C43H66N2O4. The fraction of sp³-hybridized carbons (Fsp3) is 0.674. The van der Waals surface area contributed by atoms with Gasteiger partial charge in [-0.25, -0.2) is 0 Å². The van der Waals surface area contributed by atoms with Gasteiger partial charge in [0, 0.05) is 60.9 Å². The molecule has 0 unspecified atom stereocenters. The summed E-state index contributed by atoms with van der Waals surface area (Å²) in [6.07, 6.45) is 6.54. The van der Waals surface area contributed by atoms with Gasteiger partial charge in [0.2, 0.25) is 0 Å². The predicted molar refractivity (Wildman–Crippen MR) is 200 cm³/mol. The molecule has 2 fully saturated rings. The second-order valence-corrected chi connectivity index (χ2v) is 17.6. The molecule has 2 aromatic rings. The van der Waals surface area contributed by atoms with Gasteiger partial charge in [-0.1, -0.05) is 100 Å². The zero-order valence-electron chi connectivity index (χ0n) is 32.4. The van der Waals surface area contributed by atoms with Crippen LogP contribution in [0.15, 0.2) is 60.7 Å². The molecule has 2 aromatic carbocycles. The van der Waals surface area contributed by atoms with Gasteiger partial charge in [0.05, 0.1) is 0 Å². The molecule has 49 heavy (non-hydrogen) atoms. The van der Waals surface area contributed by atoms with Gasteiger partial charge < -0.3 is 9.47 Å². The van der Waals surface area contributed by atoms with Crippen LogP contribution in [0.2, 0.25) is 0 Å². The summed E-state index contributed by atoms with van der Waals surface area (Å²) in [6.45, 7) is 23.9. The van der Waals surface area contributed by atoms with Crippen LogP contribution in [0.4, 0.5) is 0 Å². The summed E-state index contributed by atoms with van der Waals surface area (Å²) in [7, 11) is 0. The lowest BCUT2D eigenvalue weighted by molar-refractivity contribution is -0.190. The topological polar surface area (TPSA) is 59.1 Å². The third-order valence-electron chi connectivity index (χ3n) is 11.4. The maximum absolute atomic E-state index is 14.6. The van der Waals surface area contributed by atoms with Gasteiger partial charge in [0.1, 0.15) is 12.2 Å². The quantitative estimate of drug-likeness (QED) is 0.147. The second kappa shape index (κ2) is 15.7. The van der Waals surface area contributed by atoms with Crippen molar-refractivity contribution in [3.05, 3.63) is 71.8 Å². The second-order valence-electron chi connectivity index (χ2n) is 17.6. The number of hydrogen-bond acceptors (Lipinski definition) is 6. The van der Waals surface area contributed by atoms with Gasteiger partial charge in [-0.05, 0) is 79.4 Å². The lowest BCUT2D eigenvalue weighted by atomic mass is 9.75. The zero-order valence-corrected chi connectivity index (χ0v) is 32.4. The van der Waals surface area contributed by atoms with Crippen LogP contribution in [0.5, 0.6) is 0 Å². The number of carbonyl (C=O) groups excluding carboxylic acids is 2. The summed E-state index contributed by atoms with van der Waals surface area (Å²) in [4.78, 5) is 34.3. The molecule has 2 aliphatic heterocycles. The van der Waals surface area contributed by atoms with E-state index in [1.54, 1.807) is 0 Å². The van der Waals surface area contributed by atoms with Crippen molar-refractivity contribution < 1.29 is 19.1 Å². The van der Waals surface area contributed by atoms with Crippen LogP contribution in [0.1, 0.15) is 145 Å². The molecule has 2 saturated heterocycles. The smallest absolute Gasteiger partial charge is 0.323 e. The van der Waals surface area contributed by atoms with Crippen molar-refractivity contribution in [3.8, 4) is 0 Å². The molecular weight excluding hydrogens is 608 g/mol. The zero-order chi connectivity index (χ0) is 36.1. The number of benzene rings is 2. The monoisotopic (exact) mass is 675 g/mol. The third kappa shape index (κ3) is 9.35. The van der Waals surface area contributed by atoms with Crippen molar-refractivity contribution in [1.29, 1.82) is 0 Å². The van der Waals surface area contributed by atoms with Crippen molar-refractivity contribution in [2.75, 3.05) is 0 Å². The summed E-state index contributed by atoms with van der Waals surface area (Å²) in [5.41, 5.74) is 0.436. The highest BCUT2D eigenvalue weighted by atomic mass is 16.6. The van der Waals surface area contributed by atoms with Crippen molar-refractivity contribution in [1.82, 2.24) is 9.80 Å². The maximum Gasteiger partial charge on any atom is 0.323 e. The average Bonchev–Trinajstić information content (AvgIpc) is 3.01. The van der Waals surface area contributed by atoms with Crippen molar-refractivity contribution in [3.63, 3.8) is 0 Å². The van der Waals surface area contributed by atoms with Crippen LogP contribution in [0.3, 0.4) is 0 Å². The third-order valence-corrected chi connectivity index (χ3v) is 11.4. The molecule has 0 aliphatic carbocycles. The van der Waals surface area contributed by atoms with E-state index in [0.29, 0.717) is 38.5 Å². The maximum atomic E-state index is 14.6. The fourth-order valence-electron chi connectivity index (χ4n) is 9.11. The van der Waals surface area contributed by atoms with Gasteiger partial charge in [-0.15, -0.1) is 0 Å². The molecule has 0 bridgehead atoms. The summed E-state index contributed by atoms with van der Waals surface area (Å²) < 4.78 is 13.0.